The van der Waals surface area contributed by atoms with Gasteiger partial charge < -0.3 is 19.9 Å². The Kier molecular flexibility index (Phi) is 6.93. The summed E-state index contributed by atoms with van der Waals surface area (Å²) in [4.78, 5) is 16.7. The Hall–Kier alpha value is -2.81. The van der Waals surface area contributed by atoms with E-state index in [4.69, 9.17) is 9.47 Å². The van der Waals surface area contributed by atoms with Crippen molar-refractivity contribution < 1.29 is 32.5 Å². The van der Waals surface area contributed by atoms with Crippen molar-refractivity contribution in [1.82, 2.24) is 10.3 Å². The summed E-state index contributed by atoms with van der Waals surface area (Å²) in [5.41, 5.74) is -2.01. The molecule has 1 atom stereocenters. The lowest BCUT2D eigenvalue weighted by Gasteiger charge is -2.31. The molecular formula is C24H29F3N2O4. The van der Waals surface area contributed by atoms with E-state index in [0.29, 0.717) is 22.8 Å². The van der Waals surface area contributed by atoms with Crippen molar-refractivity contribution in [2.45, 2.75) is 64.3 Å². The minimum Gasteiger partial charge on any atom is -0.493 e. The van der Waals surface area contributed by atoms with Gasteiger partial charge in [-0.1, -0.05) is 13.8 Å². The molecule has 1 aromatic carbocycles. The van der Waals surface area contributed by atoms with Crippen LogP contribution < -0.4 is 14.8 Å². The molecule has 180 valence electrons. The van der Waals surface area contributed by atoms with E-state index in [1.807, 2.05) is 13.8 Å². The largest absolute Gasteiger partial charge is 0.493 e. The van der Waals surface area contributed by atoms with Crippen LogP contribution in [-0.4, -0.2) is 41.9 Å². The van der Waals surface area contributed by atoms with E-state index in [1.165, 1.54) is 25.3 Å². The van der Waals surface area contributed by atoms with Crippen LogP contribution in [-0.2, 0) is 5.60 Å². The standard InChI is InChI=1S/C24H29F3N2O4/c1-13(2)18-11-21(29-15(4)14(18)3)23(31,24(25,26)27)12-28-22(30)16-6-9-19(20(10-16)32-5)33-17-7-8-17/h6,9-11,13,17,31H,7-8,12H2,1-5H3,(H,28,30). The zero-order valence-electron chi connectivity index (χ0n) is 19.3. The summed E-state index contributed by atoms with van der Waals surface area (Å²) in [5.74, 6) is -0.0925. The van der Waals surface area contributed by atoms with Crippen LogP contribution in [0.4, 0.5) is 13.2 Å². The summed E-state index contributed by atoms with van der Waals surface area (Å²) in [5, 5.41) is 12.9. The molecule has 1 amide bonds. The normalized spacial score (nSPS) is 15.8. The number of halogens is 3. The fraction of sp³-hybridized carbons (Fsp3) is 0.500. The van der Waals surface area contributed by atoms with Crippen LogP contribution in [0.1, 0.15) is 65.5 Å². The fourth-order valence-corrected chi connectivity index (χ4v) is 3.49. The molecule has 1 unspecified atom stereocenters. The van der Waals surface area contributed by atoms with Crippen LogP contribution in [0.2, 0.25) is 0 Å². The number of ether oxygens (including phenoxy) is 2. The van der Waals surface area contributed by atoms with Gasteiger partial charge in [-0.3, -0.25) is 9.78 Å². The molecule has 2 aromatic rings. The molecule has 1 fully saturated rings. The Labute approximate surface area is 191 Å². The number of aryl methyl sites for hydroxylation is 1. The molecule has 0 spiro atoms. The number of nitrogens with one attached hydrogen (secondary N) is 1. The van der Waals surface area contributed by atoms with E-state index in [-0.39, 0.29) is 17.6 Å². The molecule has 33 heavy (non-hydrogen) atoms. The molecule has 0 aliphatic heterocycles. The zero-order chi connectivity index (χ0) is 24.6. The first-order valence-electron chi connectivity index (χ1n) is 10.8. The van der Waals surface area contributed by atoms with Gasteiger partial charge in [0.05, 0.1) is 25.5 Å². The second-order valence-corrected chi connectivity index (χ2v) is 8.69. The lowest BCUT2D eigenvalue weighted by molar-refractivity contribution is -0.265. The van der Waals surface area contributed by atoms with Crippen LogP contribution >= 0.6 is 0 Å². The van der Waals surface area contributed by atoms with E-state index in [0.717, 1.165) is 18.4 Å². The van der Waals surface area contributed by atoms with Crippen LogP contribution in [0.3, 0.4) is 0 Å². The number of amides is 1. The molecule has 1 aromatic heterocycles. The molecule has 1 saturated carbocycles. The van der Waals surface area contributed by atoms with Gasteiger partial charge in [0.1, 0.15) is 0 Å². The van der Waals surface area contributed by atoms with E-state index in [9.17, 15) is 23.1 Å². The summed E-state index contributed by atoms with van der Waals surface area (Å²) < 4.78 is 53.0. The van der Waals surface area contributed by atoms with Gasteiger partial charge in [-0.25, -0.2) is 0 Å². The summed E-state index contributed by atoms with van der Waals surface area (Å²) in [6.07, 6.45) is -3.08. The van der Waals surface area contributed by atoms with Crippen molar-refractivity contribution in [3.8, 4) is 11.5 Å². The first kappa shape index (κ1) is 24.8. The van der Waals surface area contributed by atoms with E-state index in [2.05, 4.69) is 10.3 Å². The Morgan fingerprint density at radius 1 is 1.21 bits per heavy atom. The number of alkyl halides is 3. The topological polar surface area (TPSA) is 80.7 Å². The minimum absolute atomic E-state index is 0.0682. The van der Waals surface area contributed by atoms with Crippen molar-refractivity contribution in [3.05, 3.63) is 52.3 Å². The summed E-state index contributed by atoms with van der Waals surface area (Å²) in [6.45, 7) is 5.98. The number of nitrogens with zero attached hydrogens (tertiary/aromatic N) is 1. The number of methoxy groups -OCH3 is 1. The summed E-state index contributed by atoms with van der Waals surface area (Å²) >= 11 is 0. The third-order valence-corrected chi connectivity index (χ3v) is 5.82. The molecule has 0 radical (unpaired) electrons. The van der Waals surface area contributed by atoms with Crippen LogP contribution in [0, 0.1) is 13.8 Å². The van der Waals surface area contributed by atoms with Crippen LogP contribution in [0.25, 0.3) is 0 Å². The maximum Gasteiger partial charge on any atom is 0.424 e. The Balaban J connectivity index is 1.86. The Morgan fingerprint density at radius 2 is 1.88 bits per heavy atom. The average Bonchev–Trinajstić information content (AvgIpc) is 3.56. The van der Waals surface area contributed by atoms with Crippen LogP contribution in [0.5, 0.6) is 11.5 Å². The Bertz CT molecular complexity index is 1040. The number of rotatable bonds is 8. The van der Waals surface area contributed by atoms with Gasteiger partial charge in [0.15, 0.2) is 11.5 Å². The number of benzene rings is 1. The molecule has 6 nitrogen and oxygen atoms in total. The molecule has 1 heterocycles. The molecule has 0 bridgehead atoms. The maximum atomic E-state index is 14.0. The van der Waals surface area contributed by atoms with Gasteiger partial charge in [-0.05, 0) is 68.0 Å². The van der Waals surface area contributed by atoms with Gasteiger partial charge >= 0.3 is 6.18 Å². The molecule has 9 heteroatoms. The number of hydrogen-bond acceptors (Lipinski definition) is 5. The van der Waals surface area contributed by atoms with Crippen molar-refractivity contribution in [1.29, 1.82) is 0 Å². The summed E-state index contributed by atoms with van der Waals surface area (Å²) in [6, 6.07) is 5.64. The summed E-state index contributed by atoms with van der Waals surface area (Å²) in [7, 11) is 1.41. The number of hydrogen-bond donors (Lipinski definition) is 2. The van der Waals surface area contributed by atoms with E-state index in [1.54, 1.807) is 19.9 Å². The van der Waals surface area contributed by atoms with Crippen molar-refractivity contribution in [3.63, 3.8) is 0 Å². The predicted molar refractivity (Wildman–Crippen MR) is 117 cm³/mol. The number of carbonyl (C=O) groups is 1. The molecule has 3 rings (SSSR count). The second kappa shape index (κ2) is 9.21. The van der Waals surface area contributed by atoms with Gasteiger partial charge in [-0.15, -0.1) is 0 Å². The number of aliphatic hydroxyl groups is 1. The number of carbonyl (C=O) groups excluding carboxylic acids is 1. The third kappa shape index (κ3) is 5.24. The van der Waals surface area contributed by atoms with Gasteiger partial charge in [-0.2, -0.15) is 13.2 Å². The lowest BCUT2D eigenvalue weighted by Crippen LogP contribution is -2.51. The highest BCUT2D eigenvalue weighted by molar-refractivity contribution is 5.95. The molecule has 1 aliphatic rings. The highest BCUT2D eigenvalue weighted by Crippen LogP contribution is 2.39. The smallest absolute Gasteiger partial charge is 0.424 e. The van der Waals surface area contributed by atoms with Gasteiger partial charge in [0, 0.05) is 11.3 Å². The number of pyridine rings is 1. The number of aromatic nitrogens is 1. The first-order chi connectivity index (χ1) is 15.4. The van der Waals surface area contributed by atoms with Gasteiger partial charge in [0.2, 0.25) is 5.60 Å². The molecular weight excluding hydrogens is 437 g/mol. The molecule has 0 saturated heterocycles. The zero-order valence-corrected chi connectivity index (χ0v) is 19.3. The second-order valence-electron chi connectivity index (χ2n) is 8.69. The maximum absolute atomic E-state index is 14.0. The Morgan fingerprint density at radius 3 is 2.42 bits per heavy atom. The highest BCUT2D eigenvalue weighted by atomic mass is 19.4. The van der Waals surface area contributed by atoms with E-state index >= 15 is 0 Å². The first-order valence-corrected chi connectivity index (χ1v) is 10.8. The van der Waals surface area contributed by atoms with E-state index < -0.39 is 29.9 Å². The molecule has 1 aliphatic carbocycles. The quantitative estimate of drug-likeness (QED) is 0.597. The minimum atomic E-state index is -5.07. The SMILES string of the molecule is COc1cc(C(=O)NCC(O)(c2cc(C(C)C)c(C)c(C)n2)C(F)(F)F)ccc1OC1CC1. The van der Waals surface area contributed by atoms with Crippen molar-refractivity contribution in [2.75, 3.05) is 13.7 Å². The average molecular weight is 467 g/mol. The predicted octanol–water partition coefficient (Wildman–Crippen LogP) is 4.55. The lowest BCUT2D eigenvalue weighted by atomic mass is 9.90. The van der Waals surface area contributed by atoms with Crippen LogP contribution in [0.15, 0.2) is 24.3 Å². The fourth-order valence-electron chi connectivity index (χ4n) is 3.49. The molecule has 2 N–H and O–H groups in total. The third-order valence-electron chi connectivity index (χ3n) is 5.82. The van der Waals surface area contributed by atoms with Crippen molar-refractivity contribution in [2.24, 2.45) is 0 Å². The van der Waals surface area contributed by atoms with Crippen molar-refractivity contribution >= 4 is 5.91 Å². The highest BCUT2D eigenvalue weighted by Gasteiger charge is 2.56. The van der Waals surface area contributed by atoms with Gasteiger partial charge in [0.25, 0.3) is 5.91 Å². The monoisotopic (exact) mass is 466 g/mol.